The zero-order valence-corrected chi connectivity index (χ0v) is 25.5. The van der Waals surface area contributed by atoms with Gasteiger partial charge in [-0.05, 0) is 30.3 Å². The van der Waals surface area contributed by atoms with Crippen LogP contribution in [-0.2, 0) is 0 Å². The summed E-state index contributed by atoms with van der Waals surface area (Å²) >= 11 is 1.74. The highest BCUT2D eigenvalue weighted by Gasteiger charge is 2.18. The van der Waals surface area contributed by atoms with Gasteiger partial charge in [-0.25, -0.2) is 15.0 Å². The average Bonchev–Trinajstić information content (AvgIpc) is 3.73. The molecule has 216 valence electrons. The van der Waals surface area contributed by atoms with Gasteiger partial charge in [-0.2, -0.15) is 0 Å². The van der Waals surface area contributed by atoms with Gasteiger partial charge >= 0.3 is 0 Å². The summed E-state index contributed by atoms with van der Waals surface area (Å²) in [5.41, 5.74) is 10.4. The summed E-state index contributed by atoms with van der Waals surface area (Å²) in [4.78, 5) is 15.2. The second-order valence-electron chi connectivity index (χ2n) is 11.3. The van der Waals surface area contributed by atoms with Gasteiger partial charge in [0, 0.05) is 38.7 Å². The minimum absolute atomic E-state index is 0.712. The van der Waals surface area contributed by atoms with Gasteiger partial charge < -0.3 is 4.57 Å². The number of para-hydroxylation sites is 1. The number of fused-ring (bicyclic) bond motifs is 5. The first-order valence-corrected chi connectivity index (χ1v) is 16.1. The molecule has 0 aliphatic heterocycles. The van der Waals surface area contributed by atoms with Crippen LogP contribution in [0.5, 0.6) is 0 Å². The standard InChI is InChI=1S/C41H26N4S/c1-4-12-27(13-5-1)34-26-35(43-40(42-34)29-14-6-2-7-15-29)28-20-22-31(23-21-28)45-36-19-11-10-18-32(36)33-24-25-37-38(39(33)45)44-41(46-37)30-16-8-3-9-17-30/h1-26H. The fourth-order valence-electron chi connectivity index (χ4n) is 6.26. The Hall–Kier alpha value is -5.91. The van der Waals surface area contributed by atoms with E-state index in [1.165, 1.54) is 15.5 Å². The van der Waals surface area contributed by atoms with Crippen molar-refractivity contribution < 1.29 is 0 Å². The summed E-state index contributed by atoms with van der Waals surface area (Å²) in [6, 6.07) is 54.8. The Labute approximate surface area is 269 Å². The lowest BCUT2D eigenvalue weighted by Gasteiger charge is -2.11. The molecule has 0 spiro atoms. The predicted octanol–water partition coefficient (Wildman–Crippen LogP) is 10.9. The molecular weight excluding hydrogens is 581 g/mol. The van der Waals surface area contributed by atoms with E-state index in [-0.39, 0.29) is 0 Å². The van der Waals surface area contributed by atoms with Crippen LogP contribution in [0.1, 0.15) is 0 Å². The number of rotatable bonds is 5. The molecule has 9 rings (SSSR count). The zero-order chi connectivity index (χ0) is 30.5. The lowest BCUT2D eigenvalue weighted by atomic mass is 10.1. The topological polar surface area (TPSA) is 43.6 Å². The first-order chi connectivity index (χ1) is 22.8. The molecule has 46 heavy (non-hydrogen) atoms. The molecule has 3 heterocycles. The van der Waals surface area contributed by atoms with Crippen LogP contribution in [0.4, 0.5) is 0 Å². The van der Waals surface area contributed by atoms with Gasteiger partial charge in [0.2, 0.25) is 0 Å². The molecule has 0 aliphatic carbocycles. The summed E-state index contributed by atoms with van der Waals surface area (Å²) in [6.07, 6.45) is 0. The largest absolute Gasteiger partial charge is 0.307 e. The number of hydrogen-bond donors (Lipinski definition) is 0. The number of thiazole rings is 1. The van der Waals surface area contributed by atoms with E-state index in [4.69, 9.17) is 15.0 Å². The number of benzene rings is 6. The molecule has 0 saturated heterocycles. The molecule has 0 unspecified atom stereocenters. The van der Waals surface area contributed by atoms with Gasteiger partial charge in [0.05, 0.1) is 27.1 Å². The first-order valence-electron chi connectivity index (χ1n) is 15.3. The van der Waals surface area contributed by atoms with Gasteiger partial charge in [0.15, 0.2) is 5.82 Å². The molecule has 9 aromatic rings. The van der Waals surface area contributed by atoms with Crippen molar-refractivity contribution >= 4 is 43.4 Å². The molecule has 6 aromatic carbocycles. The van der Waals surface area contributed by atoms with Crippen molar-refractivity contribution in [2.75, 3.05) is 0 Å². The van der Waals surface area contributed by atoms with E-state index in [2.05, 4.69) is 120 Å². The number of nitrogens with zero attached hydrogens (tertiary/aromatic N) is 4. The van der Waals surface area contributed by atoms with E-state index in [1.54, 1.807) is 11.3 Å². The van der Waals surface area contributed by atoms with Crippen LogP contribution in [0.3, 0.4) is 0 Å². The third-order valence-corrected chi connectivity index (χ3v) is 9.53. The average molecular weight is 607 g/mol. The SMILES string of the molecule is c1ccc(-c2cc(-c3ccc(-n4c5ccccc5c5ccc6sc(-c7ccccc7)nc6c54)cc3)nc(-c3ccccc3)n2)cc1. The summed E-state index contributed by atoms with van der Waals surface area (Å²) in [7, 11) is 0. The summed E-state index contributed by atoms with van der Waals surface area (Å²) < 4.78 is 3.53. The molecular formula is C41H26N4S. The molecule has 0 aliphatic rings. The molecule has 0 bridgehead atoms. The van der Waals surface area contributed by atoms with Crippen molar-refractivity contribution in [3.63, 3.8) is 0 Å². The number of hydrogen-bond acceptors (Lipinski definition) is 4. The Morgan fingerprint density at radius 2 is 1.04 bits per heavy atom. The van der Waals surface area contributed by atoms with Crippen molar-refractivity contribution in [1.82, 2.24) is 19.5 Å². The Morgan fingerprint density at radius 1 is 0.457 bits per heavy atom. The predicted molar refractivity (Wildman–Crippen MR) is 191 cm³/mol. The highest BCUT2D eigenvalue weighted by molar-refractivity contribution is 7.21. The van der Waals surface area contributed by atoms with Gasteiger partial charge in [-0.15, -0.1) is 11.3 Å². The Kier molecular flexibility index (Phi) is 6.28. The van der Waals surface area contributed by atoms with Crippen LogP contribution < -0.4 is 0 Å². The van der Waals surface area contributed by atoms with Crippen LogP contribution in [0.2, 0.25) is 0 Å². The summed E-state index contributed by atoms with van der Waals surface area (Å²) in [5, 5.41) is 3.45. The molecule has 0 N–H and O–H groups in total. The molecule has 5 heteroatoms. The fraction of sp³-hybridized carbons (Fsp3) is 0. The molecule has 0 saturated carbocycles. The minimum Gasteiger partial charge on any atom is -0.307 e. The Bertz CT molecular complexity index is 2440. The summed E-state index contributed by atoms with van der Waals surface area (Å²) in [5.74, 6) is 0.712. The van der Waals surface area contributed by atoms with E-state index >= 15 is 0 Å². The third-order valence-electron chi connectivity index (χ3n) is 8.46. The van der Waals surface area contributed by atoms with E-state index in [9.17, 15) is 0 Å². The minimum atomic E-state index is 0.712. The molecule has 0 radical (unpaired) electrons. The Balaban J connectivity index is 1.21. The van der Waals surface area contributed by atoms with Crippen LogP contribution in [0, 0.1) is 0 Å². The van der Waals surface area contributed by atoms with Gasteiger partial charge in [-0.1, -0.05) is 127 Å². The van der Waals surface area contributed by atoms with Gasteiger partial charge in [-0.3, -0.25) is 0 Å². The summed E-state index contributed by atoms with van der Waals surface area (Å²) in [6.45, 7) is 0. The van der Waals surface area contributed by atoms with Crippen molar-refractivity contribution in [3.05, 3.63) is 158 Å². The van der Waals surface area contributed by atoms with E-state index < -0.39 is 0 Å². The molecule has 3 aromatic heterocycles. The van der Waals surface area contributed by atoms with E-state index in [0.717, 1.165) is 60.9 Å². The quantitative estimate of drug-likeness (QED) is 0.196. The van der Waals surface area contributed by atoms with Crippen molar-refractivity contribution in [1.29, 1.82) is 0 Å². The van der Waals surface area contributed by atoms with Gasteiger partial charge in [0.1, 0.15) is 10.5 Å². The van der Waals surface area contributed by atoms with E-state index in [0.29, 0.717) is 5.82 Å². The normalized spacial score (nSPS) is 11.5. The first kappa shape index (κ1) is 26.5. The van der Waals surface area contributed by atoms with Crippen molar-refractivity contribution in [3.8, 4) is 50.2 Å². The number of aromatic nitrogens is 4. The maximum absolute atomic E-state index is 5.22. The molecule has 0 amide bonds. The highest BCUT2D eigenvalue weighted by atomic mass is 32.1. The van der Waals surface area contributed by atoms with Crippen LogP contribution >= 0.6 is 11.3 Å². The molecule has 0 atom stereocenters. The van der Waals surface area contributed by atoms with Crippen LogP contribution in [0.25, 0.3) is 82.2 Å². The second kappa shape index (κ2) is 10.9. The third kappa shape index (κ3) is 4.48. The zero-order valence-electron chi connectivity index (χ0n) is 24.7. The molecule has 4 nitrogen and oxygen atoms in total. The van der Waals surface area contributed by atoms with Crippen LogP contribution in [0.15, 0.2) is 158 Å². The maximum atomic E-state index is 5.22. The smallest absolute Gasteiger partial charge is 0.160 e. The van der Waals surface area contributed by atoms with Gasteiger partial charge in [0.25, 0.3) is 0 Å². The van der Waals surface area contributed by atoms with Crippen molar-refractivity contribution in [2.45, 2.75) is 0 Å². The lowest BCUT2D eigenvalue weighted by Crippen LogP contribution is -1.97. The van der Waals surface area contributed by atoms with Crippen LogP contribution in [-0.4, -0.2) is 19.5 Å². The Morgan fingerprint density at radius 3 is 1.74 bits per heavy atom. The lowest BCUT2D eigenvalue weighted by molar-refractivity contribution is 1.17. The van der Waals surface area contributed by atoms with E-state index in [1.807, 2.05) is 42.5 Å². The van der Waals surface area contributed by atoms with Crippen molar-refractivity contribution in [2.24, 2.45) is 0 Å². The highest BCUT2D eigenvalue weighted by Crippen LogP contribution is 2.40. The monoisotopic (exact) mass is 606 g/mol. The molecule has 0 fully saturated rings. The maximum Gasteiger partial charge on any atom is 0.160 e. The second-order valence-corrected chi connectivity index (χ2v) is 12.3. The fourth-order valence-corrected chi connectivity index (χ4v) is 7.24.